The Hall–Kier alpha value is -1.35. The van der Waals surface area contributed by atoms with Gasteiger partial charge in [-0.25, -0.2) is 4.79 Å². The summed E-state index contributed by atoms with van der Waals surface area (Å²) in [6, 6.07) is 6.90. The van der Waals surface area contributed by atoms with Crippen molar-refractivity contribution in [1.82, 2.24) is 0 Å². The van der Waals surface area contributed by atoms with Crippen LogP contribution in [0.5, 0.6) is 0 Å². The first-order chi connectivity index (χ1) is 7.75. The zero-order chi connectivity index (χ0) is 11.4. The van der Waals surface area contributed by atoms with Crippen molar-refractivity contribution in [3.8, 4) is 0 Å². The van der Waals surface area contributed by atoms with Crippen molar-refractivity contribution in [2.75, 3.05) is 6.61 Å². The van der Waals surface area contributed by atoms with Gasteiger partial charge in [-0.1, -0.05) is 25.0 Å². The molecule has 0 saturated heterocycles. The van der Waals surface area contributed by atoms with Gasteiger partial charge in [-0.05, 0) is 30.0 Å². The summed E-state index contributed by atoms with van der Waals surface area (Å²) in [5.74, 6) is -0.00909. The number of rotatable bonds is 6. The molecule has 0 radical (unpaired) electrons. The average Bonchev–Trinajstić information content (AvgIpc) is 3.09. The fraction of sp³-hybridized carbons (Fsp3) is 0.462. The first-order valence-corrected chi connectivity index (χ1v) is 5.65. The topological polar surface area (TPSA) is 46.5 Å². The van der Waals surface area contributed by atoms with E-state index in [1.807, 2.05) is 6.07 Å². The highest BCUT2D eigenvalue weighted by Crippen LogP contribution is 2.32. The van der Waals surface area contributed by atoms with Gasteiger partial charge < -0.3 is 9.84 Å². The zero-order valence-corrected chi connectivity index (χ0v) is 9.19. The molecule has 1 saturated carbocycles. The number of hydrogen-bond acceptors (Lipinski definition) is 2. The number of carbonyl (C=O) groups is 1. The Bertz CT molecular complexity index is 369. The molecule has 1 aromatic rings. The van der Waals surface area contributed by atoms with Crippen molar-refractivity contribution in [2.45, 2.75) is 25.9 Å². The Balaban J connectivity index is 1.78. The maximum atomic E-state index is 10.7. The molecular formula is C13H16O3. The quantitative estimate of drug-likeness (QED) is 0.750. The van der Waals surface area contributed by atoms with Crippen LogP contribution in [0.25, 0.3) is 0 Å². The number of ether oxygens (including phenoxy) is 1. The molecule has 0 heterocycles. The highest BCUT2D eigenvalue weighted by Gasteiger charge is 2.20. The second-order valence-corrected chi connectivity index (χ2v) is 4.29. The molecule has 0 amide bonds. The zero-order valence-electron chi connectivity index (χ0n) is 9.19. The largest absolute Gasteiger partial charge is 0.478 e. The van der Waals surface area contributed by atoms with Gasteiger partial charge in [0.05, 0.1) is 12.2 Å². The number of aromatic carboxylic acids is 1. The van der Waals surface area contributed by atoms with Crippen molar-refractivity contribution in [3.63, 3.8) is 0 Å². The third kappa shape index (κ3) is 3.35. The molecule has 0 aromatic heterocycles. The molecular weight excluding hydrogens is 204 g/mol. The fourth-order valence-electron chi connectivity index (χ4n) is 1.64. The maximum Gasteiger partial charge on any atom is 0.335 e. The number of benzene rings is 1. The minimum atomic E-state index is -0.889. The summed E-state index contributed by atoms with van der Waals surface area (Å²) >= 11 is 0. The molecule has 86 valence electrons. The molecule has 0 spiro atoms. The molecule has 1 fully saturated rings. The molecule has 0 atom stereocenters. The van der Waals surface area contributed by atoms with Crippen molar-refractivity contribution >= 4 is 5.97 Å². The van der Waals surface area contributed by atoms with Gasteiger partial charge in [0.25, 0.3) is 0 Å². The van der Waals surface area contributed by atoms with E-state index in [0.717, 1.165) is 24.5 Å². The van der Waals surface area contributed by atoms with Gasteiger partial charge >= 0.3 is 5.97 Å². The van der Waals surface area contributed by atoms with E-state index in [-0.39, 0.29) is 0 Å². The Morgan fingerprint density at radius 1 is 1.44 bits per heavy atom. The van der Waals surface area contributed by atoms with Crippen molar-refractivity contribution in [2.24, 2.45) is 5.92 Å². The lowest BCUT2D eigenvalue weighted by atomic mass is 10.1. The molecule has 3 nitrogen and oxygen atoms in total. The van der Waals surface area contributed by atoms with Crippen molar-refractivity contribution in [1.29, 1.82) is 0 Å². The lowest BCUT2D eigenvalue weighted by Gasteiger charge is -2.04. The summed E-state index contributed by atoms with van der Waals surface area (Å²) in [5, 5.41) is 8.82. The van der Waals surface area contributed by atoms with Crippen LogP contribution in [0, 0.1) is 5.92 Å². The fourth-order valence-corrected chi connectivity index (χ4v) is 1.64. The molecule has 3 heteroatoms. The predicted octanol–water partition coefficient (Wildman–Crippen LogP) is 2.70. The first-order valence-electron chi connectivity index (χ1n) is 5.65. The van der Waals surface area contributed by atoms with E-state index in [2.05, 4.69) is 0 Å². The second-order valence-electron chi connectivity index (χ2n) is 4.29. The van der Waals surface area contributed by atoms with Crippen LogP contribution in [0.15, 0.2) is 24.3 Å². The van der Waals surface area contributed by atoms with E-state index in [1.54, 1.807) is 18.2 Å². The summed E-state index contributed by atoms with van der Waals surface area (Å²) in [7, 11) is 0. The summed E-state index contributed by atoms with van der Waals surface area (Å²) in [5.41, 5.74) is 1.25. The summed E-state index contributed by atoms with van der Waals surface area (Å²) in [4.78, 5) is 10.7. The molecule has 1 aliphatic rings. The lowest BCUT2D eigenvalue weighted by Crippen LogP contribution is -2.00. The molecule has 1 N–H and O–H groups in total. The Morgan fingerprint density at radius 3 is 2.94 bits per heavy atom. The van der Waals surface area contributed by atoms with E-state index >= 15 is 0 Å². The van der Waals surface area contributed by atoms with Gasteiger partial charge in [0.1, 0.15) is 0 Å². The Kier molecular flexibility index (Phi) is 3.57. The second kappa shape index (κ2) is 5.12. The molecule has 2 rings (SSSR count). The number of carboxylic acids is 1. The van der Waals surface area contributed by atoms with Crippen LogP contribution in [0.1, 0.15) is 35.2 Å². The van der Waals surface area contributed by atoms with E-state index < -0.39 is 5.97 Å². The predicted molar refractivity (Wildman–Crippen MR) is 60.4 cm³/mol. The Morgan fingerprint density at radius 2 is 2.25 bits per heavy atom. The summed E-state index contributed by atoms with van der Waals surface area (Å²) in [6.07, 6.45) is 3.83. The highest BCUT2D eigenvalue weighted by atomic mass is 16.5. The van der Waals surface area contributed by atoms with E-state index in [4.69, 9.17) is 9.84 Å². The Labute approximate surface area is 95.0 Å². The molecule has 0 unspecified atom stereocenters. The van der Waals surface area contributed by atoms with Crippen LogP contribution in [-0.4, -0.2) is 17.7 Å². The molecule has 1 aliphatic carbocycles. The van der Waals surface area contributed by atoms with Crippen LogP contribution < -0.4 is 0 Å². The van der Waals surface area contributed by atoms with E-state index in [9.17, 15) is 4.79 Å². The van der Waals surface area contributed by atoms with Gasteiger partial charge in [0.15, 0.2) is 0 Å². The van der Waals surface area contributed by atoms with Crippen LogP contribution in [0.3, 0.4) is 0 Å². The lowest BCUT2D eigenvalue weighted by molar-refractivity contribution is 0.0696. The molecule has 0 aliphatic heterocycles. The van der Waals surface area contributed by atoms with Gasteiger partial charge in [-0.2, -0.15) is 0 Å². The smallest absolute Gasteiger partial charge is 0.335 e. The maximum absolute atomic E-state index is 10.7. The standard InChI is InChI=1S/C13H16O3/c14-13(15)12-3-1-2-11(8-12)9-16-7-6-10-4-5-10/h1-3,8,10H,4-7,9H2,(H,14,15). The first kappa shape index (κ1) is 11.1. The van der Waals surface area contributed by atoms with Gasteiger partial charge in [0, 0.05) is 6.61 Å². The van der Waals surface area contributed by atoms with E-state index in [1.165, 1.54) is 12.8 Å². The van der Waals surface area contributed by atoms with Crippen LogP contribution in [0.2, 0.25) is 0 Å². The van der Waals surface area contributed by atoms with Crippen LogP contribution >= 0.6 is 0 Å². The summed E-state index contributed by atoms with van der Waals surface area (Å²) in [6.45, 7) is 1.29. The third-order valence-electron chi connectivity index (χ3n) is 2.81. The number of carboxylic acid groups (broad SMARTS) is 1. The van der Waals surface area contributed by atoms with Gasteiger partial charge in [0.2, 0.25) is 0 Å². The minimum Gasteiger partial charge on any atom is -0.478 e. The molecule has 1 aromatic carbocycles. The SMILES string of the molecule is O=C(O)c1cccc(COCCC2CC2)c1. The average molecular weight is 220 g/mol. The van der Waals surface area contributed by atoms with Crippen LogP contribution in [0.4, 0.5) is 0 Å². The monoisotopic (exact) mass is 220 g/mol. The van der Waals surface area contributed by atoms with Crippen LogP contribution in [-0.2, 0) is 11.3 Å². The normalized spacial score (nSPS) is 15.0. The van der Waals surface area contributed by atoms with Crippen molar-refractivity contribution in [3.05, 3.63) is 35.4 Å². The third-order valence-corrected chi connectivity index (χ3v) is 2.81. The van der Waals surface area contributed by atoms with E-state index in [0.29, 0.717) is 12.2 Å². The molecule has 0 bridgehead atoms. The van der Waals surface area contributed by atoms with Gasteiger partial charge in [-0.3, -0.25) is 0 Å². The van der Waals surface area contributed by atoms with Gasteiger partial charge in [-0.15, -0.1) is 0 Å². The van der Waals surface area contributed by atoms with Crippen molar-refractivity contribution < 1.29 is 14.6 Å². The minimum absolute atomic E-state index is 0.322. The number of hydrogen-bond donors (Lipinski definition) is 1. The highest BCUT2D eigenvalue weighted by molar-refractivity contribution is 5.87. The summed E-state index contributed by atoms with van der Waals surface area (Å²) < 4.78 is 5.51. The molecule has 16 heavy (non-hydrogen) atoms.